The van der Waals surface area contributed by atoms with Crippen molar-refractivity contribution < 1.29 is 9.21 Å². The van der Waals surface area contributed by atoms with Gasteiger partial charge in [-0.05, 0) is 43.9 Å². The van der Waals surface area contributed by atoms with Crippen molar-refractivity contribution >= 4 is 34.0 Å². The van der Waals surface area contributed by atoms with Gasteiger partial charge in [0.25, 0.3) is 5.91 Å². The van der Waals surface area contributed by atoms with Crippen molar-refractivity contribution in [3.63, 3.8) is 0 Å². The van der Waals surface area contributed by atoms with Crippen LogP contribution in [-0.2, 0) is 6.42 Å². The van der Waals surface area contributed by atoms with E-state index in [0.717, 1.165) is 30.6 Å². The number of hydrogen-bond donors (Lipinski definition) is 1. The second kappa shape index (κ2) is 7.93. The van der Waals surface area contributed by atoms with Crippen LogP contribution in [0.5, 0.6) is 0 Å². The van der Waals surface area contributed by atoms with Gasteiger partial charge in [0, 0.05) is 18.0 Å². The van der Waals surface area contributed by atoms with Crippen molar-refractivity contribution in [2.75, 3.05) is 12.3 Å². The molecule has 1 amide bonds. The number of anilines is 1. The van der Waals surface area contributed by atoms with E-state index in [4.69, 9.17) is 21.8 Å². The number of aryl methyl sites for hydroxylation is 1. The van der Waals surface area contributed by atoms with Crippen molar-refractivity contribution in [1.29, 1.82) is 0 Å². The predicted octanol–water partition coefficient (Wildman–Crippen LogP) is 4.63. The summed E-state index contributed by atoms with van der Waals surface area (Å²) in [6, 6.07) is 7.51. The minimum absolute atomic E-state index is 0.0500. The van der Waals surface area contributed by atoms with Crippen molar-refractivity contribution in [1.82, 2.24) is 14.9 Å². The van der Waals surface area contributed by atoms with Crippen LogP contribution in [0.25, 0.3) is 0 Å². The zero-order valence-electron chi connectivity index (χ0n) is 15.5. The molecular weight excluding hydrogens is 396 g/mol. The lowest BCUT2D eigenvalue weighted by molar-refractivity contribution is 0.0574. The van der Waals surface area contributed by atoms with Gasteiger partial charge in [0.15, 0.2) is 5.13 Å². The van der Waals surface area contributed by atoms with E-state index in [1.165, 1.54) is 11.3 Å². The minimum Gasteiger partial charge on any atom is -0.443 e. The Labute approximate surface area is 172 Å². The molecule has 2 N–H and O–H groups in total. The molecule has 0 aliphatic carbocycles. The molecule has 1 aromatic carbocycles. The second-order valence-electron chi connectivity index (χ2n) is 6.95. The van der Waals surface area contributed by atoms with Crippen LogP contribution in [0.1, 0.15) is 57.9 Å². The summed E-state index contributed by atoms with van der Waals surface area (Å²) >= 11 is 7.29. The molecule has 1 aliphatic rings. The molecule has 3 aromatic rings. The first kappa shape index (κ1) is 19.0. The lowest BCUT2D eigenvalue weighted by atomic mass is 10.0. The summed E-state index contributed by atoms with van der Waals surface area (Å²) in [7, 11) is 0. The molecule has 1 saturated heterocycles. The van der Waals surface area contributed by atoms with Gasteiger partial charge in [0.05, 0.1) is 11.9 Å². The maximum atomic E-state index is 13.1. The summed E-state index contributed by atoms with van der Waals surface area (Å²) in [6.07, 6.45) is 5.17. The Bertz CT molecular complexity index is 1000. The number of hydrogen-bond acceptors (Lipinski definition) is 6. The van der Waals surface area contributed by atoms with Crippen molar-refractivity contribution in [2.24, 2.45) is 0 Å². The molecule has 0 bridgehead atoms. The van der Waals surface area contributed by atoms with Crippen LogP contribution < -0.4 is 5.73 Å². The van der Waals surface area contributed by atoms with E-state index in [2.05, 4.69) is 9.97 Å². The summed E-state index contributed by atoms with van der Waals surface area (Å²) in [5, 5.41) is 1.11. The Morgan fingerprint density at radius 3 is 3.04 bits per heavy atom. The largest absolute Gasteiger partial charge is 0.443 e. The zero-order valence-corrected chi connectivity index (χ0v) is 17.1. The smallest absolute Gasteiger partial charge is 0.266 e. The molecule has 1 unspecified atom stereocenters. The highest BCUT2D eigenvalue weighted by Gasteiger charge is 2.33. The molecule has 0 spiro atoms. The second-order valence-corrected chi connectivity index (χ2v) is 8.42. The first-order valence-electron chi connectivity index (χ1n) is 9.24. The van der Waals surface area contributed by atoms with Crippen molar-refractivity contribution in [3.8, 4) is 0 Å². The third-order valence-corrected chi connectivity index (χ3v) is 6.10. The first-order chi connectivity index (χ1) is 13.5. The highest BCUT2D eigenvalue weighted by Crippen LogP contribution is 2.34. The third-order valence-electron chi connectivity index (χ3n) is 4.89. The van der Waals surface area contributed by atoms with Gasteiger partial charge >= 0.3 is 0 Å². The van der Waals surface area contributed by atoms with Gasteiger partial charge in [-0.1, -0.05) is 35.1 Å². The molecule has 3 heterocycles. The topological polar surface area (TPSA) is 85.2 Å². The Hall–Kier alpha value is -2.38. The molecule has 6 nitrogen and oxygen atoms in total. The molecule has 2 aromatic heterocycles. The van der Waals surface area contributed by atoms with Crippen LogP contribution in [0.4, 0.5) is 5.13 Å². The molecule has 8 heteroatoms. The average molecular weight is 417 g/mol. The van der Waals surface area contributed by atoms with Crippen LogP contribution in [-0.4, -0.2) is 27.3 Å². The standard InChI is InChI=1S/C20H21ClN4O2S/c1-12-17(28-20(22)24-12)19(26)25-8-3-2-7-16(25)18-23-11-15(27-18)10-13-5-4-6-14(21)9-13/h4-6,9,11,16H,2-3,7-8,10H2,1H3,(H2,22,24). The molecule has 28 heavy (non-hydrogen) atoms. The monoisotopic (exact) mass is 416 g/mol. The summed E-state index contributed by atoms with van der Waals surface area (Å²) in [5.41, 5.74) is 7.51. The molecule has 0 saturated carbocycles. The highest BCUT2D eigenvalue weighted by atomic mass is 35.5. The van der Waals surface area contributed by atoms with E-state index < -0.39 is 0 Å². The van der Waals surface area contributed by atoms with Crippen LogP contribution >= 0.6 is 22.9 Å². The van der Waals surface area contributed by atoms with E-state index in [1.807, 2.05) is 36.1 Å². The number of carbonyl (C=O) groups excluding carboxylic acids is 1. The maximum Gasteiger partial charge on any atom is 0.266 e. The molecule has 0 radical (unpaired) electrons. The van der Waals surface area contributed by atoms with Crippen molar-refractivity contribution in [3.05, 3.63) is 63.3 Å². The number of likely N-dealkylation sites (tertiary alicyclic amines) is 1. The summed E-state index contributed by atoms with van der Waals surface area (Å²) < 4.78 is 6.03. The molecule has 4 rings (SSSR count). The van der Waals surface area contributed by atoms with Gasteiger partial charge < -0.3 is 15.1 Å². The van der Waals surface area contributed by atoms with Gasteiger partial charge in [-0.25, -0.2) is 9.97 Å². The Kier molecular flexibility index (Phi) is 5.37. The van der Waals surface area contributed by atoms with E-state index in [9.17, 15) is 4.79 Å². The predicted molar refractivity (Wildman–Crippen MR) is 110 cm³/mol. The number of halogens is 1. The van der Waals surface area contributed by atoms with Crippen molar-refractivity contribution in [2.45, 2.75) is 38.6 Å². The fourth-order valence-corrected chi connectivity index (χ4v) is 4.59. The summed E-state index contributed by atoms with van der Waals surface area (Å²) in [6.45, 7) is 2.49. The van der Waals surface area contributed by atoms with Gasteiger partial charge in [-0.15, -0.1) is 0 Å². The first-order valence-corrected chi connectivity index (χ1v) is 10.4. The van der Waals surface area contributed by atoms with Gasteiger partial charge in [0.2, 0.25) is 5.89 Å². The van der Waals surface area contributed by atoms with Crippen LogP contribution in [0.15, 0.2) is 34.9 Å². The van der Waals surface area contributed by atoms with Gasteiger partial charge in [-0.3, -0.25) is 4.79 Å². The minimum atomic E-state index is -0.169. The third kappa shape index (κ3) is 3.91. The van der Waals surface area contributed by atoms with Gasteiger partial charge in [0.1, 0.15) is 16.7 Å². The Balaban J connectivity index is 1.56. The number of oxazole rings is 1. The van der Waals surface area contributed by atoms with E-state index >= 15 is 0 Å². The number of rotatable bonds is 4. The quantitative estimate of drug-likeness (QED) is 0.669. The molecular formula is C20H21ClN4O2S. The van der Waals surface area contributed by atoms with Crippen LogP contribution in [0.2, 0.25) is 5.02 Å². The number of nitrogens with zero attached hydrogens (tertiary/aromatic N) is 3. The number of nitrogens with two attached hydrogens (primary N) is 1. The van der Waals surface area contributed by atoms with E-state index in [1.54, 1.807) is 6.20 Å². The fraction of sp³-hybridized carbons (Fsp3) is 0.350. The van der Waals surface area contributed by atoms with E-state index in [-0.39, 0.29) is 11.9 Å². The number of benzene rings is 1. The summed E-state index contributed by atoms with van der Waals surface area (Å²) in [4.78, 5) is 24.2. The number of thiazole rings is 1. The maximum absolute atomic E-state index is 13.1. The Morgan fingerprint density at radius 2 is 2.29 bits per heavy atom. The molecule has 1 atom stereocenters. The molecule has 1 aliphatic heterocycles. The number of carbonyl (C=O) groups is 1. The number of amides is 1. The fourth-order valence-electron chi connectivity index (χ4n) is 3.58. The highest BCUT2D eigenvalue weighted by molar-refractivity contribution is 7.17. The molecule has 146 valence electrons. The lowest BCUT2D eigenvalue weighted by Gasteiger charge is -2.33. The van der Waals surface area contributed by atoms with E-state index in [0.29, 0.717) is 39.6 Å². The number of nitrogen functional groups attached to an aromatic ring is 1. The Morgan fingerprint density at radius 1 is 1.43 bits per heavy atom. The zero-order chi connectivity index (χ0) is 19.7. The normalized spacial score (nSPS) is 17.1. The summed E-state index contributed by atoms with van der Waals surface area (Å²) in [5.74, 6) is 1.29. The average Bonchev–Trinajstić information content (AvgIpc) is 3.27. The number of aromatic nitrogens is 2. The van der Waals surface area contributed by atoms with Gasteiger partial charge in [-0.2, -0.15) is 0 Å². The van der Waals surface area contributed by atoms with Crippen LogP contribution in [0.3, 0.4) is 0 Å². The SMILES string of the molecule is Cc1nc(N)sc1C(=O)N1CCCCC1c1ncc(Cc2cccc(Cl)c2)o1. The molecule has 1 fully saturated rings. The number of piperidine rings is 1. The lowest BCUT2D eigenvalue weighted by Crippen LogP contribution is -2.38. The van der Waals surface area contributed by atoms with Crippen LogP contribution in [0, 0.1) is 6.92 Å².